The number of anilines is 2. The first kappa shape index (κ1) is 14.2. The lowest BCUT2D eigenvalue weighted by Crippen LogP contribution is -2.28. The van der Waals surface area contributed by atoms with Gasteiger partial charge in [0.25, 0.3) is 0 Å². The van der Waals surface area contributed by atoms with E-state index in [9.17, 15) is 4.79 Å². The topological polar surface area (TPSA) is 76.1 Å². The maximum Gasteiger partial charge on any atom is 0.328 e. The highest BCUT2D eigenvalue weighted by atomic mass is 16.5. The number of methoxy groups -OCH3 is 1. The van der Waals surface area contributed by atoms with Crippen molar-refractivity contribution in [3.63, 3.8) is 0 Å². The van der Waals surface area contributed by atoms with Crippen LogP contribution in [0.4, 0.5) is 11.6 Å². The molecule has 0 radical (unpaired) electrons. The Kier molecular flexibility index (Phi) is 4.88. The fraction of sp³-hybridized carbons (Fsp3) is 0.583. The summed E-state index contributed by atoms with van der Waals surface area (Å²) in [6, 6.07) is -0.447. The molecule has 0 aromatic carbocycles. The minimum Gasteiger partial charge on any atom is -0.467 e. The van der Waals surface area contributed by atoms with Crippen molar-refractivity contribution >= 4 is 17.6 Å². The SMILES string of the molecule is CCNc1nc(C)nc(NC(C)C(=O)OC)c1C. The molecule has 2 N–H and O–H groups in total. The van der Waals surface area contributed by atoms with Crippen LogP contribution in [-0.4, -0.2) is 35.6 Å². The van der Waals surface area contributed by atoms with Crippen LogP contribution in [0.25, 0.3) is 0 Å². The van der Waals surface area contributed by atoms with E-state index >= 15 is 0 Å². The van der Waals surface area contributed by atoms with E-state index in [4.69, 9.17) is 0 Å². The molecule has 1 heterocycles. The van der Waals surface area contributed by atoms with Crippen LogP contribution >= 0.6 is 0 Å². The minimum atomic E-state index is -0.447. The zero-order valence-corrected chi connectivity index (χ0v) is 11.5. The molecule has 18 heavy (non-hydrogen) atoms. The number of carbonyl (C=O) groups is 1. The molecular formula is C12H20N4O2. The van der Waals surface area contributed by atoms with Crippen molar-refractivity contribution in [1.29, 1.82) is 0 Å². The Morgan fingerprint density at radius 2 is 1.94 bits per heavy atom. The highest BCUT2D eigenvalue weighted by Crippen LogP contribution is 2.20. The van der Waals surface area contributed by atoms with Gasteiger partial charge in [0.2, 0.25) is 0 Å². The maximum atomic E-state index is 11.4. The molecule has 0 bridgehead atoms. The Labute approximate surface area is 107 Å². The summed E-state index contributed by atoms with van der Waals surface area (Å²) in [5.74, 6) is 1.76. The minimum absolute atomic E-state index is 0.323. The van der Waals surface area contributed by atoms with Gasteiger partial charge in [0.15, 0.2) is 0 Å². The molecule has 0 aliphatic rings. The average Bonchev–Trinajstić information content (AvgIpc) is 2.34. The lowest BCUT2D eigenvalue weighted by Gasteiger charge is -2.16. The quantitative estimate of drug-likeness (QED) is 0.773. The number of aryl methyl sites for hydroxylation is 1. The largest absolute Gasteiger partial charge is 0.467 e. The average molecular weight is 252 g/mol. The van der Waals surface area contributed by atoms with E-state index in [0.29, 0.717) is 11.6 Å². The fourth-order valence-electron chi connectivity index (χ4n) is 1.55. The molecule has 6 nitrogen and oxygen atoms in total. The van der Waals surface area contributed by atoms with Gasteiger partial charge in [-0.25, -0.2) is 14.8 Å². The van der Waals surface area contributed by atoms with Crippen LogP contribution < -0.4 is 10.6 Å². The van der Waals surface area contributed by atoms with Crippen LogP contribution in [0, 0.1) is 13.8 Å². The molecule has 0 amide bonds. The summed E-state index contributed by atoms with van der Waals surface area (Å²) in [4.78, 5) is 20.0. The Morgan fingerprint density at radius 1 is 1.33 bits per heavy atom. The first-order chi connectivity index (χ1) is 8.49. The molecule has 1 unspecified atom stereocenters. The number of esters is 1. The highest BCUT2D eigenvalue weighted by molar-refractivity contribution is 5.78. The van der Waals surface area contributed by atoms with Crippen molar-refractivity contribution in [2.24, 2.45) is 0 Å². The van der Waals surface area contributed by atoms with Gasteiger partial charge >= 0.3 is 5.97 Å². The van der Waals surface area contributed by atoms with E-state index in [2.05, 4.69) is 25.3 Å². The van der Waals surface area contributed by atoms with Crippen LogP contribution in [0.15, 0.2) is 0 Å². The molecule has 1 aromatic heterocycles. The number of hydrogen-bond donors (Lipinski definition) is 2. The van der Waals surface area contributed by atoms with E-state index < -0.39 is 6.04 Å². The fourth-order valence-corrected chi connectivity index (χ4v) is 1.55. The van der Waals surface area contributed by atoms with Crippen LogP contribution in [-0.2, 0) is 9.53 Å². The van der Waals surface area contributed by atoms with Gasteiger partial charge < -0.3 is 15.4 Å². The lowest BCUT2D eigenvalue weighted by molar-refractivity contribution is -0.141. The van der Waals surface area contributed by atoms with Crippen molar-refractivity contribution < 1.29 is 9.53 Å². The molecule has 0 saturated heterocycles. The molecule has 1 rings (SSSR count). The smallest absolute Gasteiger partial charge is 0.328 e. The summed E-state index contributed by atoms with van der Waals surface area (Å²) in [7, 11) is 1.36. The van der Waals surface area contributed by atoms with Gasteiger partial charge in [-0.15, -0.1) is 0 Å². The van der Waals surface area contributed by atoms with E-state index in [1.807, 2.05) is 20.8 Å². The Bertz CT molecular complexity index is 434. The lowest BCUT2D eigenvalue weighted by atomic mass is 10.2. The van der Waals surface area contributed by atoms with Gasteiger partial charge in [0.05, 0.1) is 7.11 Å². The molecule has 0 fully saturated rings. The van der Waals surface area contributed by atoms with Gasteiger partial charge in [0, 0.05) is 12.1 Å². The summed E-state index contributed by atoms with van der Waals surface area (Å²) in [5.41, 5.74) is 0.887. The van der Waals surface area contributed by atoms with Crippen molar-refractivity contribution in [3.8, 4) is 0 Å². The number of ether oxygens (including phenoxy) is 1. The predicted molar refractivity (Wildman–Crippen MR) is 70.8 cm³/mol. The van der Waals surface area contributed by atoms with Gasteiger partial charge in [-0.2, -0.15) is 0 Å². The number of rotatable bonds is 5. The summed E-state index contributed by atoms with van der Waals surface area (Å²) < 4.78 is 4.67. The van der Waals surface area contributed by atoms with Crippen LogP contribution in [0.2, 0.25) is 0 Å². The van der Waals surface area contributed by atoms with Crippen LogP contribution in [0.1, 0.15) is 25.2 Å². The third kappa shape index (κ3) is 3.32. The molecule has 100 valence electrons. The molecular weight excluding hydrogens is 232 g/mol. The molecule has 1 atom stereocenters. The highest BCUT2D eigenvalue weighted by Gasteiger charge is 2.16. The first-order valence-electron chi connectivity index (χ1n) is 5.93. The zero-order valence-electron chi connectivity index (χ0n) is 11.5. The third-order valence-electron chi connectivity index (χ3n) is 2.51. The summed E-state index contributed by atoms with van der Waals surface area (Å²) >= 11 is 0. The number of nitrogens with zero attached hydrogens (tertiary/aromatic N) is 2. The molecule has 1 aromatic rings. The van der Waals surface area contributed by atoms with E-state index in [1.54, 1.807) is 6.92 Å². The first-order valence-corrected chi connectivity index (χ1v) is 5.93. The number of nitrogens with one attached hydrogen (secondary N) is 2. The molecule has 0 saturated carbocycles. The van der Waals surface area contributed by atoms with Crippen molar-refractivity contribution in [1.82, 2.24) is 9.97 Å². The second kappa shape index (κ2) is 6.18. The monoisotopic (exact) mass is 252 g/mol. The molecule has 0 aliphatic carbocycles. The molecule has 0 aliphatic heterocycles. The summed E-state index contributed by atoms with van der Waals surface area (Å²) in [6.45, 7) is 8.23. The Hall–Kier alpha value is -1.85. The molecule has 0 spiro atoms. The van der Waals surface area contributed by atoms with E-state index in [-0.39, 0.29) is 5.97 Å². The zero-order chi connectivity index (χ0) is 13.7. The van der Waals surface area contributed by atoms with Crippen molar-refractivity contribution in [3.05, 3.63) is 11.4 Å². The van der Waals surface area contributed by atoms with Crippen LogP contribution in [0.3, 0.4) is 0 Å². The van der Waals surface area contributed by atoms with Gasteiger partial charge in [0.1, 0.15) is 23.5 Å². The third-order valence-corrected chi connectivity index (χ3v) is 2.51. The van der Waals surface area contributed by atoms with Gasteiger partial charge in [-0.1, -0.05) is 0 Å². The predicted octanol–water partition coefficient (Wildman–Crippen LogP) is 1.50. The number of hydrogen-bond acceptors (Lipinski definition) is 6. The van der Waals surface area contributed by atoms with E-state index in [0.717, 1.165) is 17.9 Å². The number of aromatic nitrogens is 2. The Morgan fingerprint density at radius 3 is 2.50 bits per heavy atom. The van der Waals surface area contributed by atoms with E-state index in [1.165, 1.54) is 7.11 Å². The van der Waals surface area contributed by atoms with Gasteiger partial charge in [-0.3, -0.25) is 0 Å². The molecule has 6 heteroatoms. The summed E-state index contributed by atoms with van der Waals surface area (Å²) in [6.07, 6.45) is 0. The summed E-state index contributed by atoms with van der Waals surface area (Å²) in [5, 5.41) is 6.20. The maximum absolute atomic E-state index is 11.4. The Balaban J connectivity index is 2.98. The standard InChI is InChI=1S/C12H20N4O2/c1-6-13-10-7(2)11(16-9(4)15-10)14-8(3)12(17)18-5/h8H,6H2,1-5H3,(H2,13,14,15,16). The number of carbonyl (C=O) groups excluding carboxylic acids is 1. The van der Waals surface area contributed by atoms with Gasteiger partial charge in [-0.05, 0) is 27.7 Å². The second-order valence-corrected chi connectivity index (χ2v) is 4.01. The van der Waals surface area contributed by atoms with Crippen molar-refractivity contribution in [2.45, 2.75) is 33.7 Å². The van der Waals surface area contributed by atoms with Crippen molar-refractivity contribution in [2.75, 3.05) is 24.3 Å². The van der Waals surface area contributed by atoms with Crippen LogP contribution in [0.5, 0.6) is 0 Å². The normalized spacial score (nSPS) is 11.8. The second-order valence-electron chi connectivity index (χ2n) is 4.01.